The molecule has 0 aromatic heterocycles. The Balaban J connectivity index is 2.56. The smallest absolute Gasteiger partial charge is 0.315 e. The summed E-state index contributed by atoms with van der Waals surface area (Å²) in [6.07, 6.45) is 1.17. The fraction of sp³-hybridized carbons (Fsp3) is 0.500. The Bertz CT molecular complexity index is 648. The normalized spacial score (nSPS) is 19.3. The molecule has 2 rings (SSSR count). The SMILES string of the molecule is CNc1cccc(N2CCSCC2S(C)(=O)=O)c1[N+](=O)[O-]. The third-order valence-electron chi connectivity index (χ3n) is 3.35. The number of nitro groups is 1. The van der Waals surface area contributed by atoms with Crippen molar-refractivity contribution in [2.24, 2.45) is 0 Å². The van der Waals surface area contributed by atoms with Gasteiger partial charge in [-0.25, -0.2) is 8.42 Å². The predicted octanol–water partition coefficient (Wildman–Crippen LogP) is 1.56. The highest BCUT2D eigenvalue weighted by atomic mass is 32.2. The van der Waals surface area contributed by atoms with Gasteiger partial charge in [0.1, 0.15) is 16.7 Å². The van der Waals surface area contributed by atoms with Crippen molar-refractivity contribution < 1.29 is 13.3 Å². The lowest BCUT2D eigenvalue weighted by Crippen LogP contribution is -2.47. The number of nitrogens with zero attached hydrogens (tertiary/aromatic N) is 2. The van der Waals surface area contributed by atoms with Crippen LogP contribution in [0.1, 0.15) is 0 Å². The van der Waals surface area contributed by atoms with E-state index in [4.69, 9.17) is 0 Å². The highest BCUT2D eigenvalue weighted by Crippen LogP contribution is 2.38. The van der Waals surface area contributed by atoms with Gasteiger partial charge in [0.15, 0.2) is 9.84 Å². The lowest BCUT2D eigenvalue weighted by atomic mass is 10.2. The van der Waals surface area contributed by atoms with Crippen LogP contribution in [0.5, 0.6) is 0 Å². The van der Waals surface area contributed by atoms with E-state index in [-0.39, 0.29) is 5.69 Å². The van der Waals surface area contributed by atoms with Crippen LogP contribution < -0.4 is 10.2 Å². The topological polar surface area (TPSA) is 92.6 Å². The highest BCUT2D eigenvalue weighted by molar-refractivity contribution is 8.01. The van der Waals surface area contributed by atoms with Crippen LogP contribution in [-0.2, 0) is 9.84 Å². The summed E-state index contributed by atoms with van der Waals surface area (Å²) in [5.41, 5.74) is 0.645. The molecule has 1 aliphatic rings. The van der Waals surface area contributed by atoms with Crippen molar-refractivity contribution in [2.45, 2.75) is 5.37 Å². The van der Waals surface area contributed by atoms with E-state index in [0.717, 1.165) is 5.75 Å². The number of nitro benzene ring substituents is 1. The van der Waals surface area contributed by atoms with Crippen molar-refractivity contribution in [2.75, 3.05) is 41.6 Å². The lowest BCUT2D eigenvalue weighted by molar-refractivity contribution is -0.383. The van der Waals surface area contributed by atoms with E-state index in [0.29, 0.717) is 23.7 Å². The second-order valence-corrected chi connectivity index (χ2v) is 8.09. The van der Waals surface area contributed by atoms with Gasteiger partial charge in [-0.3, -0.25) is 10.1 Å². The summed E-state index contributed by atoms with van der Waals surface area (Å²) in [6, 6.07) is 4.90. The van der Waals surface area contributed by atoms with E-state index in [2.05, 4.69) is 5.32 Å². The summed E-state index contributed by atoms with van der Waals surface area (Å²) < 4.78 is 23.9. The molecule has 0 radical (unpaired) electrons. The zero-order chi connectivity index (χ0) is 15.6. The number of benzene rings is 1. The number of para-hydroxylation sites is 1. The Morgan fingerprint density at radius 1 is 1.48 bits per heavy atom. The maximum absolute atomic E-state index is 12.0. The second kappa shape index (κ2) is 6.10. The molecule has 1 aliphatic heterocycles. The maximum Gasteiger partial charge on any atom is 0.315 e. The Morgan fingerprint density at radius 2 is 2.19 bits per heavy atom. The summed E-state index contributed by atoms with van der Waals surface area (Å²) in [6.45, 7) is 0.469. The molecule has 0 spiro atoms. The van der Waals surface area contributed by atoms with Crippen molar-refractivity contribution in [1.82, 2.24) is 0 Å². The third-order valence-corrected chi connectivity index (χ3v) is 6.00. The number of hydrogen-bond donors (Lipinski definition) is 1. The highest BCUT2D eigenvalue weighted by Gasteiger charge is 2.35. The second-order valence-electron chi connectivity index (χ2n) is 4.73. The summed E-state index contributed by atoms with van der Waals surface area (Å²) in [5.74, 6) is 1.16. The summed E-state index contributed by atoms with van der Waals surface area (Å²) in [7, 11) is -1.72. The van der Waals surface area contributed by atoms with Gasteiger partial charge in [0, 0.05) is 31.4 Å². The molecule has 0 bridgehead atoms. The molecule has 9 heteroatoms. The van der Waals surface area contributed by atoms with E-state index in [1.807, 2.05) is 0 Å². The van der Waals surface area contributed by atoms with Gasteiger partial charge >= 0.3 is 5.69 Å². The third kappa shape index (κ3) is 3.24. The van der Waals surface area contributed by atoms with Gasteiger partial charge in [0.2, 0.25) is 0 Å². The van der Waals surface area contributed by atoms with Crippen LogP contribution in [0.4, 0.5) is 17.1 Å². The molecule has 1 heterocycles. The first-order valence-corrected chi connectivity index (χ1v) is 9.45. The van der Waals surface area contributed by atoms with E-state index in [1.54, 1.807) is 41.9 Å². The fourth-order valence-electron chi connectivity index (χ4n) is 2.37. The molecule has 1 aromatic rings. The van der Waals surface area contributed by atoms with Gasteiger partial charge in [-0.2, -0.15) is 11.8 Å². The number of nitrogens with one attached hydrogen (secondary N) is 1. The minimum absolute atomic E-state index is 0.0828. The molecule has 0 saturated carbocycles. The Labute approximate surface area is 127 Å². The van der Waals surface area contributed by atoms with Gasteiger partial charge in [0.25, 0.3) is 0 Å². The molecule has 1 fully saturated rings. The Hall–Kier alpha value is -1.48. The molecule has 116 valence electrons. The fourth-order valence-corrected chi connectivity index (χ4v) is 5.20. The first kappa shape index (κ1) is 15.9. The number of thioether (sulfide) groups is 1. The molecule has 21 heavy (non-hydrogen) atoms. The predicted molar refractivity (Wildman–Crippen MR) is 85.9 cm³/mol. The number of sulfone groups is 1. The Morgan fingerprint density at radius 3 is 2.76 bits per heavy atom. The van der Waals surface area contributed by atoms with E-state index >= 15 is 0 Å². The van der Waals surface area contributed by atoms with Crippen LogP contribution in [0.15, 0.2) is 18.2 Å². The molecule has 7 nitrogen and oxygen atoms in total. The Kier molecular flexibility index (Phi) is 4.62. The lowest BCUT2D eigenvalue weighted by Gasteiger charge is -2.35. The van der Waals surface area contributed by atoms with Crippen LogP contribution in [0, 0.1) is 10.1 Å². The monoisotopic (exact) mass is 331 g/mol. The van der Waals surface area contributed by atoms with E-state index in [1.165, 1.54) is 6.26 Å². The van der Waals surface area contributed by atoms with Crippen molar-refractivity contribution in [3.05, 3.63) is 28.3 Å². The molecule has 1 saturated heterocycles. The largest absolute Gasteiger partial charge is 0.382 e. The standard InChI is InChI=1S/C12H17N3O4S2/c1-13-9-4-3-5-10(12(9)15(16)17)14-6-7-20-8-11(14)21(2,18)19/h3-5,11,13H,6-8H2,1-2H3. The molecular formula is C12H17N3O4S2. The minimum Gasteiger partial charge on any atom is -0.382 e. The zero-order valence-corrected chi connectivity index (χ0v) is 13.4. The maximum atomic E-state index is 12.0. The zero-order valence-electron chi connectivity index (χ0n) is 11.8. The van der Waals surface area contributed by atoms with Crippen molar-refractivity contribution >= 4 is 38.7 Å². The number of rotatable bonds is 4. The summed E-state index contributed by atoms with van der Waals surface area (Å²) in [5, 5.41) is 13.4. The van der Waals surface area contributed by atoms with Crippen LogP contribution in [-0.4, -0.2) is 50.1 Å². The molecule has 1 atom stereocenters. The molecule has 1 N–H and O–H groups in total. The molecular weight excluding hydrogens is 314 g/mol. The van der Waals surface area contributed by atoms with E-state index in [9.17, 15) is 18.5 Å². The molecule has 1 aromatic carbocycles. The van der Waals surface area contributed by atoms with E-state index < -0.39 is 20.1 Å². The quantitative estimate of drug-likeness (QED) is 0.661. The van der Waals surface area contributed by atoms with Crippen molar-refractivity contribution in [1.29, 1.82) is 0 Å². The van der Waals surface area contributed by atoms with Gasteiger partial charge in [0.05, 0.1) is 4.92 Å². The first-order chi connectivity index (χ1) is 9.86. The van der Waals surface area contributed by atoms with Crippen molar-refractivity contribution in [3.63, 3.8) is 0 Å². The minimum atomic E-state index is -3.32. The van der Waals surface area contributed by atoms with Gasteiger partial charge in [-0.05, 0) is 12.1 Å². The average Bonchev–Trinajstić information content (AvgIpc) is 2.45. The van der Waals surface area contributed by atoms with Gasteiger partial charge in [-0.15, -0.1) is 0 Å². The molecule has 0 aliphatic carbocycles. The number of anilines is 2. The van der Waals surface area contributed by atoms with Crippen LogP contribution >= 0.6 is 11.8 Å². The first-order valence-electron chi connectivity index (χ1n) is 6.34. The average molecular weight is 331 g/mol. The van der Waals surface area contributed by atoms with Gasteiger partial charge in [-0.1, -0.05) is 6.07 Å². The molecule has 0 amide bonds. The molecule has 1 unspecified atom stereocenters. The summed E-state index contributed by atoms with van der Waals surface area (Å²) >= 11 is 1.55. The van der Waals surface area contributed by atoms with Gasteiger partial charge < -0.3 is 10.2 Å². The van der Waals surface area contributed by atoms with Crippen molar-refractivity contribution in [3.8, 4) is 0 Å². The van der Waals surface area contributed by atoms with Crippen LogP contribution in [0.2, 0.25) is 0 Å². The van der Waals surface area contributed by atoms with Crippen LogP contribution in [0.3, 0.4) is 0 Å². The summed E-state index contributed by atoms with van der Waals surface area (Å²) in [4.78, 5) is 12.5. The number of hydrogen-bond acceptors (Lipinski definition) is 7. The van der Waals surface area contributed by atoms with Crippen LogP contribution in [0.25, 0.3) is 0 Å².